The lowest BCUT2D eigenvalue weighted by molar-refractivity contribution is -0.122. The highest BCUT2D eigenvalue weighted by molar-refractivity contribution is 7.18. The molecule has 1 aromatic heterocycles. The zero-order chi connectivity index (χ0) is 21.9. The predicted molar refractivity (Wildman–Crippen MR) is 127 cm³/mol. The molecule has 2 heterocycles. The third-order valence-electron chi connectivity index (χ3n) is 6.03. The fourth-order valence-corrected chi connectivity index (χ4v) is 5.51. The van der Waals surface area contributed by atoms with Crippen LogP contribution < -0.4 is 5.32 Å². The monoisotopic (exact) mass is 445 g/mol. The summed E-state index contributed by atoms with van der Waals surface area (Å²) in [6.45, 7) is 1.63. The van der Waals surface area contributed by atoms with Gasteiger partial charge in [-0.25, -0.2) is 9.37 Å². The van der Waals surface area contributed by atoms with E-state index in [0.717, 1.165) is 37.0 Å². The number of nitrogens with one attached hydrogen (secondary N) is 1. The van der Waals surface area contributed by atoms with Crippen molar-refractivity contribution >= 4 is 33.1 Å². The predicted octanol–water partition coefficient (Wildman–Crippen LogP) is 5.99. The van der Waals surface area contributed by atoms with Crippen molar-refractivity contribution in [2.45, 2.75) is 24.8 Å². The zero-order valence-corrected chi connectivity index (χ0v) is 18.4. The van der Waals surface area contributed by atoms with Crippen LogP contribution >= 0.6 is 11.3 Å². The number of fused-ring (bicyclic) bond motifs is 1. The van der Waals surface area contributed by atoms with Crippen molar-refractivity contribution in [3.63, 3.8) is 0 Å². The number of anilines is 1. The Morgan fingerprint density at radius 3 is 2.38 bits per heavy atom. The van der Waals surface area contributed by atoms with Gasteiger partial charge in [0.15, 0.2) is 0 Å². The van der Waals surface area contributed by atoms with Crippen LogP contribution in [-0.2, 0) is 4.79 Å². The van der Waals surface area contributed by atoms with Crippen molar-refractivity contribution in [1.82, 2.24) is 9.88 Å². The molecule has 5 rings (SSSR count). The molecule has 162 valence electrons. The number of carbonyl (C=O) groups excluding carboxylic acids is 1. The Hall–Kier alpha value is -3.09. The van der Waals surface area contributed by atoms with Crippen LogP contribution in [0.4, 0.5) is 10.1 Å². The van der Waals surface area contributed by atoms with Crippen molar-refractivity contribution in [3.8, 4) is 0 Å². The smallest absolute Gasteiger partial charge is 0.246 e. The number of benzene rings is 3. The highest BCUT2D eigenvalue weighted by Gasteiger charge is 2.32. The van der Waals surface area contributed by atoms with Crippen molar-refractivity contribution in [2.75, 3.05) is 18.4 Å². The normalized spacial score (nSPS) is 16.2. The largest absolute Gasteiger partial charge is 0.324 e. The maximum Gasteiger partial charge on any atom is 0.246 e. The number of halogens is 1. The van der Waals surface area contributed by atoms with Crippen LogP contribution in [0.15, 0.2) is 78.9 Å². The number of hydrogen-bond donors (Lipinski definition) is 1. The molecule has 3 aromatic carbocycles. The fraction of sp³-hybridized carbons (Fsp3) is 0.231. The zero-order valence-electron chi connectivity index (χ0n) is 17.6. The van der Waals surface area contributed by atoms with Gasteiger partial charge in [-0.2, -0.15) is 0 Å². The van der Waals surface area contributed by atoms with E-state index in [-0.39, 0.29) is 11.7 Å². The number of hydrogen-bond acceptors (Lipinski definition) is 4. The van der Waals surface area contributed by atoms with Crippen LogP contribution in [0.1, 0.15) is 35.4 Å². The summed E-state index contributed by atoms with van der Waals surface area (Å²) in [7, 11) is 0. The first-order valence-electron chi connectivity index (χ1n) is 10.9. The lowest BCUT2D eigenvalue weighted by atomic mass is 9.94. The Kier molecular flexibility index (Phi) is 5.97. The number of piperidine rings is 1. The molecule has 0 saturated carbocycles. The second-order valence-electron chi connectivity index (χ2n) is 8.14. The third-order valence-corrected chi connectivity index (χ3v) is 7.23. The number of rotatable bonds is 5. The fourth-order valence-electron chi connectivity index (χ4n) is 4.38. The summed E-state index contributed by atoms with van der Waals surface area (Å²) in [5.74, 6) is 0.000932. The Morgan fingerprint density at radius 1 is 0.969 bits per heavy atom. The molecule has 4 nitrogen and oxygen atoms in total. The van der Waals surface area contributed by atoms with Gasteiger partial charge in [0.05, 0.1) is 15.2 Å². The van der Waals surface area contributed by atoms with Crippen LogP contribution in [0.2, 0.25) is 0 Å². The first kappa shape index (κ1) is 20.8. The minimum Gasteiger partial charge on any atom is -0.324 e. The molecule has 0 bridgehead atoms. The van der Waals surface area contributed by atoms with Gasteiger partial charge in [-0.05, 0) is 67.9 Å². The molecule has 0 spiro atoms. The van der Waals surface area contributed by atoms with Crippen LogP contribution in [0.3, 0.4) is 0 Å². The molecule has 32 heavy (non-hydrogen) atoms. The van der Waals surface area contributed by atoms with E-state index >= 15 is 0 Å². The average molecular weight is 446 g/mol. The molecule has 6 heteroatoms. The van der Waals surface area contributed by atoms with Gasteiger partial charge in [0.1, 0.15) is 11.9 Å². The molecular weight excluding hydrogens is 421 g/mol. The minimum absolute atomic E-state index is 0.0961. The van der Waals surface area contributed by atoms with Crippen molar-refractivity contribution in [3.05, 3.63) is 95.3 Å². The summed E-state index contributed by atoms with van der Waals surface area (Å²) < 4.78 is 14.5. The molecule has 1 fully saturated rings. The number of amides is 1. The number of nitrogens with zero attached hydrogens (tertiary/aromatic N) is 2. The van der Waals surface area contributed by atoms with Crippen molar-refractivity contribution in [1.29, 1.82) is 0 Å². The number of aromatic nitrogens is 1. The summed E-state index contributed by atoms with van der Waals surface area (Å²) in [6.07, 6.45) is 1.93. The summed E-state index contributed by atoms with van der Waals surface area (Å²) in [4.78, 5) is 20.4. The van der Waals surface area contributed by atoms with E-state index in [9.17, 15) is 9.18 Å². The molecule has 1 N–H and O–H groups in total. The lowest BCUT2D eigenvalue weighted by Gasteiger charge is -2.36. The van der Waals surface area contributed by atoms with Crippen molar-refractivity contribution in [2.24, 2.45) is 0 Å². The standard InChI is InChI=1S/C26H24FN3OS/c27-20-10-12-21(13-11-20)28-25(31)24(18-6-2-1-3-7-18)30-16-14-19(15-17-30)26-29-22-8-4-5-9-23(22)32-26/h1-13,19,24H,14-17H2,(H,28,31)/t24-/m0/s1. The van der Waals surface area contributed by atoms with E-state index < -0.39 is 6.04 Å². The highest BCUT2D eigenvalue weighted by Crippen LogP contribution is 2.36. The summed E-state index contributed by atoms with van der Waals surface area (Å²) >= 11 is 1.78. The number of carbonyl (C=O) groups is 1. The minimum atomic E-state index is -0.391. The summed E-state index contributed by atoms with van der Waals surface area (Å²) in [5.41, 5.74) is 2.63. The number of para-hydroxylation sites is 1. The van der Waals surface area contributed by atoms with E-state index in [1.54, 1.807) is 23.5 Å². The highest BCUT2D eigenvalue weighted by atomic mass is 32.1. The van der Waals surface area contributed by atoms with Gasteiger partial charge >= 0.3 is 0 Å². The van der Waals surface area contributed by atoms with Crippen LogP contribution in [0, 0.1) is 5.82 Å². The molecular formula is C26H24FN3OS. The SMILES string of the molecule is O=C(Nc1ccc(F)cc1)[C@H](c1ccccc1)N1CCC(c2nc3ccccc3s2)CC1. The molecule has 4 aromatic rings. The lowest BCUT2D eigenvalue weighted by Crippen LogP contribution is -2.41. The summed E-state index contributed by atoms with van der Waals surface area (Å²) in [6, 6.07) is 23.6. The number of likely N-dealkylation sites (tertiary alicyclic amines) is 1. The van der Waals surface area contributed by atoms with Crippen LogP contribution in [0.5, 0.6) is 0 Å². The third kappa shape index (κ3) is 4.42. The Balaban J connectivity index is 1.33. The second kappa shape index (κ2) is 9.18. The average Bonchev–Trinajstić information content (AvgIpc) is 3.26. The van der Waals surface area contributed by atoms with Crippen molar-refractivity contribution < 1.29 is 9.18 Å². The molecule has 0 unspecified atom stereocenters. The van der Waals surface area contributed by atoms with Gasteiger partial charge in [0.25, 0.3) is 0 Å². The first-order valence-corrected chi connectivity index (χ1v) is 11.7. The van der Waals surface area contributed by atoms with E-state index in [1.807, 2.05) is 36.4 Å². The molecule has 0 radical (unpaired) electrons. The van der Waals surface area contributed by atoms with E-state index in [0.29, 0.717) is 11.6 Å². The van der Waals surface area contributed by atoms with E-state index in [2.05, 4.69) is 28.4 Å². The Morgan fingerprint density at radius 2 is 1.66 bits per heavy atom. The molecule has 1 aliphatic heterocycles. The van der Waals surface area contributed by atoms with Gasteiger partial charge < -0.3 is 5.32 Å². The first-order chi connectivity index (χ1) is 15.7. The summed E-state index contributed by atoms with van der Waals surface area (Å²) in [5, 5.41) is 4.16. The quantitative estimate of drug-likeness (QED) is 0.410. The van der Waals surface area contributed by atoms with Gasteiger partial charge in [-0.1, -0.05) is 42.5 Å². The molecule has 1 aliphatic rings. The van der Waals surface area contributed by atoms with E-state index in [1.165, 1.54) is 21.8 Å². The second-order valence-corrected chi connectivity index (χ2v) is 9.20. The van der Waals surface area contributed by atoms with Gasteiger partial charge in [0, 0.05) is 11.6 Å². The van der Waals surface area contributed by atoms with Crippen LogP contribution in [0.25, 0.3) is 10.2 Å². The topological polar surface area (TPSA) is 45.2 Å². The van der Waals surface area contributed by atoms with Gasteiger partial charge in [-0.3, -0.25) is 9.69 Å². The van der Waals surface area contributed by atoms with Gasteiger partial charge in [0.2, 0.25) is 5.91 Å². The van der Waals surface area contributed by atoms with E-state index in [4.69, 9.17) is 4.98 Å². The molecule has 1 atom stereocenters. The molecule has 0 aliphatic carbocycles. The van der Waals surface area contributed by atoms with Gasteiger partial charge in [-0.15, -0.1) is 11.3 Å². The van der Waals surface area contributed by atoms with Crippen LogP contribution in [-0.4, -0.2) is 28.9 Å². The number of thiazole rings is 1. The maximum atomic E-state index is 13.3. The molecule has 1 amide bonds. The maximum absolute atomic E-state index is 13.3. The Labute approximate surface area is 190 Å². The Bertz CT molecular complexity index is 1170. The molecule has 1 saturated heterocycles.